The number of carbonyl (C=O) groups is 1. The molecule has 0 atom stereocenters. The minimum atomic E-state index is -0.376. The first-order valence-electron chi connectivity index (χ1n) is 3.78. The Morgan fingerprint density at radius 3 is 2.71 bits per heavy atom. The highest BCUT2D eigenvalue weighted by Crippen LogP contribution is 2.22. The van der Waals surface area contributed by atoms with Crippen molar-refractivity contribution in [2.24, 2.45) is 0 Å². The van der Waals surface area contributed by atoms with E-state index in [0.29, 0.717) is 5.75 Å². The van der Waals surface area contributed by atoms with Crippen LogP contribution in [0.1, 0.15) is 0 Å². The number of ether oxygens (including phenoxy) is 2. The van der Waals surface area contributed by atoms with Gasteiger partial charge in [-0.3, -0.25) is 0 Å². The monoisotopic (exact) mass is 418 g/mol. The summed E-state index contributed by atoms with van der Waals surface area (Å²) in [5.41, 5.74) is 0. The molecule has 0 amide bonds. The van der Waals surface area contributed by atoms with Crippen molar-refractivity contribution < 1.29 is 14.3 Å². The van der Waals surface area contributed by atoms with E-state index in [0.717, 1.165) is 7.14 Å². The zero-order chi connectivity index (χ0) is 10.6. The SMILES string of the molecule is COC(=O)COc1ccc(I)cc1I. The van der Waals surface area contributed by atoms with Crippen molar-refractivity contribution in [3.05, 3.63) is 25.3 Å². The molecule has 5 heteroatoms. The predicted molar refractivity (Wildman–Crippen MR) is 69.4 cm³/mol. The Morgan fingerprint density at radius 1 is 1.43 bits per heavy atom. The second kappa shape index (κ2) is 5.74. The van der Waals surface area contributed by atoms with Gasteiger partial charge < -0.3 is 9.47 Å². The number of methoxy groups -OCH3 is 1. The average molecular weight is 418 g/mol. The van der Waals surface area contributed by atoms with Crippen LogP contribution in [0.25, 0.3) is 0 Å². The Kier molecular flexibility index (Phi) is 4.93. The molecular formula is C9H8I2O3. The van der Waals surface area contributed by atoms with E-state index in [-0.39, 0.29) is 12.6 Å². The van der Waals surface area contributed by atoms with E-state index in [1.54, 1.807) is 0 Å². The van der Waals surface area contributed by atoms with Gasteiger partial charge in [-0.1, -0.05) is 0 Å². The first-order chi connectivity index (χ1) is 6.63. The standard InChI is InChI=1S/C9H8I2O3/c1-13-9(12)5-14-8-3-2-6(10)4-7(8)11/h2-4H,5H2,1H3. The molecule has 0 saturated carbocycles. The fraction of sp³-hybridized carbons (Fsp3) is 0.222. The summed E-state index contributed by atoms with van der Waals surface area (Å²) in [5, 5.41) is 0. The van der Waals surface area contributed by atoms with E-state index in [2.05, 4.69) is 49.9 Å². The molecule has 0 bridgehead atoms. The molecule has 0 radical (unpaired) electrons. The van der Waals surface area contributed by atoms with Crippen molar-refractivity contribution in [2.75, 3.05) is 13.7 Å². The Labute approximate surface area is 109 Å². The van der Waals surface area contributed by atoms with E-state index in [1.165, 1.54) is 7.11 Å². The first-order valence-corrected chi connectivity index (χ1v) is 5.94. The van der Waals surface area contributed by atoms with Crippen LogP contribution in [0.4, 0.5) is 0 Å². The van der Waals surface area contributed by atoms with Gasteiger partial charge in [-0.15, -0.1) is 0 Å². The third-order valence-corrected chi connectivity index (χ3v) is 2.98. The Morgan fingerprint density at radius 2 is 2.14 bits per heavy atom. The fourth-order valence-electron chi connectivity index (χ4n) is 0.788. The Bertz CT molecular complexity index is 339. The maximum absolute atomic E-state index is 10.8. The molecule has 14 heavy (non-hydrogen) atoms. The zero-order valence-electron chi connectivity index (χ0n) is 7.42. The number of halogens is 2. The number of carbonyl (C=O) groups excluding carboxylic acids is 1. The molecule has 0 heterocycles. The molecule has 0 aliphatic carbocycles. The third-order valence-electron chi connectivity index (χ3n) is 1.47. The lowest BCUT2D eigenvalue weighted by molar-refractivity contribution is -0.142. The summed E-state index contributed by atoms with van der Waals surface area (Å²) >= 11 is 4.38. The van der Waals surface area contributed by atoms with Gasteiger partial charge in [-0.05, 0) is 63.4 Å². The van der Waals surface area contributed by atoms with Crippen LogP contribution in [0, 0.1) is 7.14 Å². The molecule has 0 saturated heterocycles. The summed E-state index contributed by atoms with van der Waals surface area (Å²) in [6, 6.07) is 5.75. The van der Waals surface area contributed by atoms with Crippen molar-refractivity contribution in [3.63, 3.8) is 0 Å². The first kappa shape index (κ1) is 12.0. The zero-order valence-corrected chi connectivity index (χ0v) is 11.7. The molecule has 0 spiro atoms. The van der Waals surface area contributed by atoms with Crippen molar-refractivity contribution in [2.45, 2.75) is 0 Å². The van der Waals surface area contributed by atoms with Gasteiger partial charge in [0.2, 0.25) is 0 Å². The molecule has 1 aromatic rings. The molecule has 0 unspecified atom stereocenters. The number of esters is 1. The molecule has 0 aliphatic rings. The summed E-state index contributed by atoms with van der Waals surface area (Å²) in [6.07, 6.45) is 0. The van der Waals surface area contributed by atoms with Crippen LogP contribution in [-0.2, 0) is 9.53 Å². The van der Waals surface area contributed by atoms with E-state index < -0.39 is 0 Å². The van der Waals surface area contributed by atoms with Gasteiger partial charge in [-0.25, -0.2) is 4.79 Å². The third kappa shape index (κ3) is 3.60. The predicted octanol–water partition coefficient (Wildman–Crippen LogP) is 2.45. The molecule has 76 valence electrons. The van der Waals surface area contributed by atoms with Crippen LogP contribution in [0.15, 0.2) is 18.2 Å². The van der Waals surface area contributed by atoms with E-state index in [1.807, 2.05) is 18.2 Å². The highest BCUT2D eigenvalue weighted by Gasteiger charge is 2.05. The lowest BCUT2D eigenvalue weighted by Gasteiger charge is -2.06. The van der Waals surface area contributed by atoms with Crippen molar-refractivity contribution in [1.82, 2.24) is 0 Å². The summed E-state index contributed by atoms with van der Waals surface area (Å²) in [4.78, 5) is 10.8. The summed E-state index contributed by atoms with van der Waals surface area (Å²) < 4.78 is 11.8. The van der Waals surface area contributed by atoms with E-state index >= 15 is 0 Å². The van der Waals surface area contributed by atoms with Crippen molar-refractivity contribution in [3.8, 4) is 5.75 Å². The maximum Gasteiger partial charge on any atom is 0.343 e. The van der Waals surface area contributed by atoms with Gasteiger partial charge in [0, 0.05) is 3.57 Å². The van der Waals surface area contributed by atoms with Gasteiger partial charge in [0.05, 0.1) is 10.7 Å². The highest BCUT2D eigenvalue weighted by atomic mass is 127. The fourth-order valence-corrected chi connectivity index (χ4v) is 2.55. The van der Waals surface area contributed by atoms with Crippen LogP contribution in [-0.4, -0.2) is 19.7 Å². The Balaban J connectivity index is 2.63. The van der Waals surface area contributed by atoms with Gasteiger partial charge in [-0.2, -0.15) is 0 Å². The maximum atomic E-state index is 10.8. The quantitative estimate of drug-likeness (QED) is 0.559. The van der Waals surface area contributed by atoms with Crippen LogP contribution >= 0.6 is 45.2 Å². The average Bonchev–Trinajstić information content (AvgIpc) is 2.16. The van der Waals surface area contributed by atoms with E-state index in [4.69, 9.17) is 4.74 Å². The number of hydrogen-bond donors (Lipinski definition) is 0. The van der Waals surface area contributed by atoms with Crippen LogP contribution in [0.3, 0.4) is 0 Å². The van der Waals surface area contributed by atoms with Crippen LogP contribution in [0.2, 0.25) is 0 Å². The summed E-state index contributed by atoms with van der Waals surface area (Å²) in [7, 11) is 1.34. The number of hydrogen-bond acceptors (Lipinski definition) is 3. The van der Waals surface area contributed by atoms with Gasteiger partial charge in [0.1, 0.15) is 5.75 Å². The topological polar surface area (TPSA) is 35.5 Å². The van der Waals surface area contributed by atoms with Crippen molar-refractivity contribution >= 4 is 51.2 Å². The number of rotatable bonds is 3. The molecule has 0 N–H and O–H groups in total. The van der Waals surface area contributed by atoms with Crippen molar-refractivity contribution in [1.29, 1.82) is 0 Å². The minimum Gasteiger partial charge on any atom is -0.481 e. The van der Waals surface area contributed by atoms with Gasteiger partial charge in [0.15, 0.2) is 6.61 Å². The second-order valence-electron chi connectivity index (χ2n) is 2.44. The Hall–Kier alpha value is -0.0500. The summed E-state index contributed by atoms with van der Waals surface area (Å²) in [6.45, 7) is -0.0485. The molecule has 0 fully saturated rings. The lowest BCUT2D eigenvalue weighted by atomic mass is 10.3. The molecule has 0 aromatic heterocycles. The normalized spacial score (nSPS) is 9.64. The molecule has 3 nitrogen and oxygen atoms in total. The molecule has 1 aromatic carbocycles. The number of benzene rings is 1. The van der Waals surface area contributed by atoms with Crippen LogP contribution < -0.4 is 4.74 Å². The highest BCUT2D eigenvalue weighted by molar-refractivity contribution is 14.1. The molecule has 1 rings (SSSR count). The van der Waals surface area contributed by atoms with Crippen LogP contribution in [0.5, 0.6) is 5.75 Å². The van der Waals surface area contributed by atoms with Gasteiger partial charge >= 0.3 is 5.97 Å². The lowest BCUT2D eigenvalue weighted by Crippen LogP contribution is -2.13. The second-order valence-corrected chi connectivity index (χ2v) is 4.85. The molecular weight excluding hydrogens is 410 g/mol. The van der Waals surface area contributed by atoms with E-state index in [9.17, 15) is 4.79 Å². The molecule has 0 aliphatic heterocycles. The summed E-state index contributed by atoms with van der Waals surface area (Å²) in [5.74, 6) is 0.329. The smallest absolute Gasteiger partial charge is 0.343 e. The largest absolute Gasteiger partial charge is 0.481 e. The minimum absolute atomic E-state index is 0.0485. The van der Waals surface area contributed by atoms with Gasteiger partial charge in [0.25, 0.3) is 0 Å².